The quantitative estimate of drug-likeness (QED) is 0.469. The van der Waals surface area contributed by atoms with Crippen LogP contribution in [0, 0.1) is 17.3 Å². The number of hydrogen-bond donors (Lipinski definition) is 0. The topological polar surface area (TPSA) is 0 Å². The van der Waals surface area contributed by atoms with Crippen LogP contribution in [0.5, 0.6) is 0 Å². The highest BCUT2D eigenvalue weighted by molar-refractivity contribution is 5.28. The van der Waals surface area contributed by atoms with Crippen LogP contribution in [0.3, 0.4) is 0 Å². The molecular weight excluding hydrogens is 108 g/mol. The Morgan fingerprint density at radius 2 is 2.33 bits per heavy atom. The van der Waals surface area contributed by atoms with Crippen LogP contribution in [0.15, 0.2) is 12.2 Å². The minimum absolute atomic E-state index is 0.717. The third-order valence-electron chi connectivity index (χ3n) is 3.19. The van der Waals surface area contributed by atoms with Gasteiger partial charge in [-0.15, -0.1) is 0 Å². The van der Waals surface area contributed by atoms with Crippen LogP contribution in [0.2, 0.25) is 0 Å². The van der Waals surface area contributed by atoms with Gasteiger partial charge in [0.25, 0.3) is 0 Å². The van der Waals surface area contributed by atoms with Crippen molar-refractivity contribution in [2.75, 3.05) is 0 Å². The predicted molar refractivity (Wildman–Crippen MR) is 39.1 cm³/mol. The molecule has 2 rings (SSSR count). The van der Waals surface area contributed by atoms with Crippen molar-refractivity contribution in [3.8, 4) is 0 Å². The summed E-state index contributed by atoms with van der Waals surface area (Å²) in [5.74, 6) is 1.93. The summed E-state index contributed by atoms with van der Waals surface area (Å²) in [6, 6.07) is 0. The van der Waals surface area contributed by atoms with Crippen LogP contribution >= 0.6 is 0 Å². The highest BCUT2D eigenvalue weighted by Gasteiger charge is 2.56. The van der Waals surface area contributed by atoms with E-state index >= 15 is 0 Å². The van der Waals surface area contributed by atoms with Gasteiger partial charge >= 0.3 is 0 Å². The molecule has 2 aliphatic rings. The normalized spacial score (nSPS) is 53.6. The maximum Gasteiger partial charge on any atom is -0.00267 e. The van der Waals surface area contributed by atoms with Gasteiger partial charge in [-0.2, -0.15) is 0 Å². The molecule has 0 aliphatic heterocycles. The molecule has 50 valence electrons. The zero-order valence-corrected chi connectivity index (χ0v) is 6.22. The fourth-order valence-corrected chi connectivity index (χ4v) is 2.22. The van der Waals surface area contributed by atoms with E-state index in [2.05, 4.69) is 26.0 Å². The number of hydrogen-bond acceptors (Lipinski definition) is 0. The van der Waals surface area contributed by atoms with Crippen molar-refractivity contribution in [3.05, 3.63) is 12.2 Å². The molecule has 0 heteroatoms. The molecule has 1 spiro atoms. The fraction of sp³-hybridized carbons (Fsp3) is 0.778. The van der Waals surface area contributed by atoms with Gasteiger partial charge < -0.3 is 0 Å². The second kappa shape index (κ2) is 1.42. The zero-order valence-electron chi connectivity index (χ0n) is 6.22. The van der Waals surface area contributed by atoms with Crippen LogP contribution in [0.25, 0.3) is 0 Å². The molecule has 1 saturated carbocycles. The smallest absolute Gasteiger partial charge is 0.00267 e. The first-order valence-corrected chi connectivity index (χ1v) is 3.99. The summed E-state index contributed by atoms with van der Waals surface area (Å²) in [5, 5.41) is 0. The first kappa shape index (κ1) is 5.52. The molecule has 2 aliphatic carbocycles. The van der Waals surface area contributed by atoms with E-state index in [0.29, 0.717) is 0 Å². The average molecular weight is 122 g/mol. The maximum atomic E-state index is 2.42. The summed E-state index contributed by atoms with van der Waals surface area (Å²) in [4.78, 5) is 0. The Morgan fingerprint density at radius 3 is 2.44 bits per heavy atom. The van der Waals surface area contributed by atoms with Gasteiger partial charge in [-0.3, -0.25) is 0 Å². The van der Waals surface area contributed by atoms with E-state index in [4.69, 9.17) is 0 Å². The molecule has 0 aromatic carbocycles. The van der Waals surface area contributed by atoms with Crippen LogP contribution in [-0.4, -0.2) is 0 Å². The SMILES string of the molecule is CCC1C=CC12CC2C. The molecule has 0 aromatic rings. The minimum atomic E-state index is 0.717. The first-order valence-electron chi connectivity index (χ1n) is 3.99. The van der Waals surface area contributed by atoms with Gasteiger partial charge in [0.15, 0.2) is 0 Å². The lowest BCUT2D eigenvalue weighted by atomic mass is 9.76. The van der Waals surface area contributed by atoms with E-state index in [9.17, 15) is 0 Å². The van der Waals surface area contributed by atoms with Crippen molar-refractivity contribution in [2.24, 2.45) is 17.3 Å². The molecular formula is C9H14. The molecule has 0 radical (unpaired) electrons. The molecule has 0 nitrogen and oxygen atoms in total. The summed E-state index contributed by atoms with van der Waals surface area (Å²) in [6.45, 7) is 4.66. The number of allylic oxidation sites excluding steroid dienone is 2. The number of rotatable bonds is 1. The molecule has 3 unspecified atom stereocenters. The van der Waals surface area contributed by atoms with Crippen molar-refractivity contribution >= 4 is 0 Å². The van der Waals surface area contributed by atoms with E-state index in [1.807, 2.05) is 0 Å². The monoisotopic (exact) mass is 122 g/mol. The van der Waals surface area contributed by atoms with Crippen molar-refractivity contribution in [1.29, 1.82) is 0 Å². The summed E-state index contributed by atoms with van der Waals surface area (Å²) < 4.78 is 0. The van der Waals surface area contributed by atoms with E-state index < -0.39 is 0 Å². The van der Waals surface area contributed by atoms with Gasteiger partial charge in [0, 0.05) is 0 Å². The van der Waals surface area contributed by atoms with Gasteiger partial charge in [-0.1, -0.05) is 26.0 Å². The lowest BCUT2D eigenvalue weighted by molar-refractivity contribution is 0.365. The largest absolute Gasteiger partial charge is 0.0840 e. The Kier molecular flexibility index (Phi) is 0.870. The van der Waals surface area contributed by atoms with Crippen LogP contribution in [-0.2, 0) is 0 Å². The predicted octanol–water partition coefficient (Wildman–Crippen LogP) is 2.61. The van der Waals surface area contributed by atoms with E-state index in [1.165, 1.54) is 12.8 Å². The molecule has 0 aromatic heterocycles. The molecule has 1 fully saturated rings. The maximum absolute atomic E-state index is 2.42. The summed E-state index contributed by atoms with van der Waals surface area (Å²) in [7, 11) is 0. The average Bonchev–Trinajstić information content (AvgIpc) is 2.43. The first-order chi connectivity index (χ1) is 4.29. The Morgan fingerprint density at radius 1 is 1.67 bits per heavy atom. The molecule has 3 atom stereocenters. The van der Waals surface area contributed by atoms with Gasteiger partial charge in [0.2, 0.25) is 0 Å². The van der Waals surface area contributed by atoms with Gasteiger partial charge in [0.05, 0.1) is 0 Å². The molecule has 0 N–H and O–H groups in total. The van der Waals surface area contributed by atoms with E-state index in [1.54, 1.807) is 0 Å². The van der Waals surface area contributed by atoms with Gasteiger partial charge in [0.1, 0.15) is 0 Å². The Hall–Kier alpha value is -0.260. The van der Waals surface area contributed by atoms with Crippen molar-refractivity contribution < 1.29 is 0 Å². The minimum Gasteiger partial charge on any atom is -0.0840 e. The molecule has 9 heavy (non-hydrogen) atoms. The van der Waals surface area contributed by atoms with Gasteiger partial charge in [-0.05, 0) is 30.1 Å². The van der Waals surface area contributed by atoms with Crippen LogP contribution in [0.1, 0.15) is 26.7 Å². The Balaban J connectivity index is 2.11. The van der Waals surface area contributed by atoms with Crippen LogP contribution < -0.4 is 0 Å². The fourth-order valence-electron chi connectivity index (χ4n) is 2.22. The third-order valence-corrected chi connectivity index (χ3v) is 3.19. The molecule has 0 amide bonds. The van der Waals surface area contributed by atoms with Crippen molar-refractivity contribution in [2.45, 2.75) is 26.7 Å². The lowest BCUT2D eigenvalue weighted by Crippen LogP contribution is -2.20. The molecule has 0 saturated heterocycles. The van der Waals surface area contributed by atoms with Gasteiger partial charge in [-0.25, -0.2) is 0 Å². The second-order valence-corrected chi connectivity index (χ2v) is 3.59. The van der Waals surface area contributed by atoms with E-state index in [-0.39, 0.29) is 0 Å². The summed E-state index contributed by atoms with van der Waals surface area (Å²) >= 11 is 0. The summed E-state index contributed by atoms with van der Waals surface area (Å²) in [6.07, 6.45) is 7.61. The second-order valence-electron chi connectivity index (χ2n) is 3.59. The highest BCUT2D eigenvalue weighted by Crippen LogP contribution is 2.64. The zero-order chi connectivity index (χ0) is 6.48. The third kappa shape index (κ3) is 0.493. The van der Waals surface area contributed by atoms with Crippen molar-refractivity contribution in [1.82, 2.24) is 0 Å². The van der Waals surface area contributed by atoms with Crippen LogP contribution in [0.4, 0.5) is 0 Å². The molecule has 0 bridgehead atoms. The Labute approximate surface area is 57.0 Å². The summed E-state index contributed by atoms with van der Waals surface area (Å²) in [5.41, 5.74) is 0.717. The lowest BCUT2D eigenvalue weighted by Gasteiger charge is -2.29. The Bertz CT molecular complexity index is 157. The standard InChI is InChI=1S/C9H14/c1-3-8-4-5-9(8)6-7(9)2/h4-5,7-8H,3,6H2,1-2H3. The highest BCUT2D eigenvalue weighted by atomic mass is 14.6. The van der Waals surface area contributed by atoms with Crippen molar-refractivity contribution in [3.63, 3.8) is 0 Å². The molecule has 0 heterocycles. The van der Waals surface area contributed by atoms with E-state index in [0.717, 1.165) is 17.3 Å².